The fourth-order valence-corrected chi connectivity index (χ4v) is 3.88. The van der Waals surface area contributed by atoms with Crippen LogP contribution in [0.4, 0.5) is 0 Å². The number of hydrogen-bond donors (Lipinski definition) is 0. The highest BCUT2D eigenvalue weighted by Crippen LogP contribution is 2.23. The lowest BCUT2D eigenvalue weighted by molar-refractivity contribution is 0.0766. The van der Waals surface area contributed by atoms with E-state index < -0.39 is 0 Å². The molecule has 3 rings (SSSR count). The van der Waals surface area contributed by atoms with E-state index in [1.54, 1.807) is 0 Å². The van der Waals surface area contributed by atoms with Gasteiger partial charge in [0.05, 0.1) is 4.88 Å². The first-order valence-corrected chi connectivity index (χ1v) is 9.58. The second-order valence-corrected chi connectivity index (χ2v) is 7.49. The van der Waals surface area contributed by atoms with E-state index in [-0.39, 0.29) is 5.91 Å². The highest BCUT2D eigenvalue weighted by molar-refractivity contribution is 7.12. The number of thiophene rings is 1. The Morgan fingerprint density at radius 2 is 1.88 bits per heavy atom. The molecule has 0 radical (unpaired) electrons. The summed E-state index contributed by atoms with van der Waals surface area (Å²) in [4.78, 5) is 15.5. The Hall–Kier alpha value is -1.81. The first-order chi connectivity index (χ1) is 11.6. The Balaban J connectivity index is 1.62. The molecule has 0 atom stereocenters. The SMILES string of the molecule is Cc1ccc(C)c(OCc2csc(C(=O)N3CCCCCC3)c2)c1. The van der Waals surface area contributed by atoms with E-state index >= 15 is 0 Å². The third kappa shape index (κ3) is 4.18. The summed E-state index contributed by atoms with van der Waals surface area (Å²) in [6.07, 6.45) is 4.73. The largest absolute Gasteiger partial charge is 0.489 e. The van der Waals surface area contributed by atoms with E-state index in [1.807, 2.05) is 16.3 Å². The molecule has 1 aromatic heterocycles. The lowest BCUT2D eigenvalue weighted by Crippen LogP contribution is -2.31. The van der Waals surface area contributed by atoms with Crippen LogP contribution in [0.5, 0.6) is 5.75 Å². The van der Waals surface area contributed by atoms with Crippen molar-refractivity contribution in [2.75, 3.05) is 13.1 Å². The van der Waals surface area contributed by atoms with E-state index in [0.717, 1.165) is 47.7 Å². The van der Waals surface area contributed by atoms with Gasteiger partial charge in [-0.1, -0.05) is 25.0 Å². The Morgan fingerprint density at radius 1 is 1.12 bits per heavy atom. The van der Waals surface area contributed by atoms with Gasteiger partial charge in [-0.05, 0) is 55.3 Å². The highest BCUT2D eigenvalue weighted by atomic mass is 32.1. The Morgan fingerprint density at radius 3 is 2.62 bits per heavy atom. The molecule has 1 aliphatic rings. The first-order valence-electron chi connectivity index (χ1n) is 8.70. The molecule has 3 nitrogen and oxygen atoms in total. The maximum Gasteiger partial charge on any atom is 0.263 e. The van der Waals surface area contributed by atoms with E-state index in [2.05, 4.69) is 32.0 Å². The standard InChI is InChI=1S/C20H25NO2S/c1-15-7-8-16(2)18(11-15)23-13-17-12-19(24-14-17)20(22)21-9-5-3-4-6-10-21/h7-8,11-12,14H,3-6,9-10,13H2,1-2H3. The predicted octanol–water partition coefficient (Wildman–Crippen LogP) is 4.96. The second-order valence-electron chi connectivity index (χ2n) is 6.58. The van der Waals surface area contributed by atoms with Crippen LogP contribution in [0.15, 0.2) is 29.6 Å². The molecule has 0 aliphatic carbocycles. The van der Waals surface area contributed by atoms with Crippen LogP contribution < -0.4 is 4.74 Å². The topological polar surface area (TPSA) is 29.5 Å². The normalized spacial score (nSPS) is 15.2. The fraction of sp³-hybridized carbons (Fsp3) is 0.450. The van der Waals surface area contributed by atoms with Crippen molar-refractivity contribution in [1.29, 1.82) is 0 Å². The van der Waals surface area contributed by atoms with E-state index in [0.29, 0.717) is 6.61 Å². The number of hydrogen-bond acceptors (Lipinski definition) is 3. The molecular formula is C20H25NO2S. The van der Waals surface area contributed by atoms with Crippen LogP contribution >= 0.6 is 11.3 Å². The number of benzene rings is 1. The molecule has 1 fully saturated rings. The molecule has 1 amide bonds. The Kier molecular flexibility index (Phi) is 5.56. The van der Waals surface area contributed by atoms with Gasteiger partial charge in [0.2, 0.25) is 0 Å². The number of amides is 1. The minimum Gasteiger partial charge on any atom is -0.489 e. The first kappa shape index (κ1) is 17.0. The second kappa shape index (κ2) is 7.84. The number of carbonyl (C=O) groups is 1. The van der Waals surface area contributed by atoms with E-state index in [9.17, 15) is 4.79 Å². The van der Waals surface area contributed by atoms with Crippen LogP contribution in [0.2, 0.25) is 0 Å². The summed E-state index contributed by atoms with van der Waals surface area (Å²) in [6.45, 7) is 6.41. The molecule has 0 bridgehead atoms. The number of nitrogens with zero attached hydrogens (tertiary/aromatic N) is 1. The molecule has 0 N–H and O–H groups in total. The third-order valence-corrected chi connectivity index (χ3v) is 5.46. The van der Waals surface area contributed by atoms with Crippen molar-refractivity contribution in [3.05, 3.63) is 51.2 Å². The number of rotatable bonds is 4. The zero-order valence-electron chi connectivity index (χ0n) is 14.5. The summed E-state index contributed by atoms with van der Waals surface area (Å²) in [5.74, 6) is 1.10. The molecular weight excluding hydrogens is 318 g/mol. The van der Waals surface area contributed by atoms with Gasteiger partial charge < -0.3 is 9.64 Å². The van der Waals surface area contributed by atoms with Crippen LogP contribution in [0.25, 0.3) is 0 Å². The van der Waals surface area contributed by atoms with Crippen molar-refractivity contribution >= 4 is 17.2 Å². The third-order valence-electron chi connectivity index (χ3n) is 4.50. The maximum absolute atomic E-state index is 12.6. The fourth-order valence-electron chi connectivity index (χ4n) is 3.02. The monoisotopic (exact) mass is 343 g/mol. The molecule has 128 valence electrons. The summed E-state index contributed by atoms with van der Waals surface area (Å²) >= 11 is 1.53. The lowest BCUT2D eigenvalue weighted by Gasteiger charge is -2.19. The van der Waals surface area contributed by atoms with Crippen molar-refractivity contribution in [3.8, 4) is 5.75 Å². The Labute approximate surface area is 148 Å². The molecule has 1 saturated heterocycles. The van der Waals surface area contributed by atoms with E-state index in [1.165, 1.54) is 29.7 Å². The zero-order valence-corrected chi connectivity index (χ0v) is 15.3. The van der Waals surface area contributed by atoms with Crippen molar-refractivity contribution in [1.82, 2.24) is 4.90 Å². The van der Waals surface area contributed by atoms with Crippen LogP contribution in [0.1, 0.15) is 52.0 Å². The van der Waals surface area contributed by atoms with Gasteiger partial charge in [0, 0.05) is 18.7 Å². The predicted molar refractivity (Wildman–Crippen MR) is 98.9 cm³/mol. The van der Waals surface area contributed by atoms with Crippen LogP contribution in [0.3, 0.4) is 0 Å². The van der Waals surface area contributed by atoms with Crippen molar-refractivity contribution in [3.63, 3.8) is 0 Å². The number of ether oxygens (including phenoxy) is 1. The van der Waals surface area contributed by atoms with Gasteiger partial charge in [0.25, 0.3) is 5.91 Å². The van der Waals surface area contributed by atoms with Gasteiger partial charge >= 0.3 is 0 Å². The number of carbonyl (C=O) groups excluding carboxylic acids is 1. The molecule has 24 heavy (non-hydrogen) atoms. The molecule has 0 saturated carbocycles. The van der Waals surface area contributed by atoms with Gasteiger partial charge in [-0.2, -0.15) is 0 Å². The minimum absolute atomic E-state index is 0.180. The molecule has 1 aliphatic heterocycles. The van der Waals surface area contributed by atoms with Gasteiger partial charge in [0.1, 0.15) is 12.4 Å². The minimum atomic E-state index is 0.180. The summed E-state index contributed by atoms with van der Waals surface area (Å²) in [7, 11) is 0. The van der Waals surface area contributed by atoms with Gasteiger partial charge in [-0.15, -0.1) is 11.3 Å². The molecule has 0 unspecified atom stereocenters. The number of likely N-dealkylation sites (tertiary alicyclic amines) is 1. The van der Waals surface area contributed by atoms with Crippen LogP contribution in [-0.4, -0.2) is 23.9 Å². The molecule has 2 aromatic rings. The Bertz CT molecular complexity index is 699. The van der Waals surface area contributed by atoms with Gasteiger partial charge in [-0.3, -0.25) is 4.79 Å². The van der Waals surface area contributed by atoms with Crippen molar-refractivity contribution in [2.45, 2.75) is 46.1 Å². The average Bonchev–Trinajstić information content (AvgIpc) is 2.88. The van der Waals surface area contributed by atoms with E-state index in [4.69, 9.17) is 4.74 Å². The maximum atomic E-state index is 12.6. The molecule has 4 heteroatoms. The quantitative estimate of drug-likeness (QED) is 0.785. The molecule has 1 aromatic carbocycles. The van der Waals surface area contributed by atoms with Crippen molar-refractivity contribution in [2.24, 2.45) is 0 Å². The highest BCUT2D eigenvalue weighted by Gasteiger charge is 2.19. The zero-order chi connectivity index (χ0) is 16.9. The lowest BCUT2D eigenvalue weighted by atomic mass is 10.1. The van der Waals surface area contributed by atoms with Crippen molar-refractivity contribution < 1.29 is 9.53 Å². The molecule has 0 spiro atoms. The summed E-state index contributed by atoms with van der Waals surface area (Å²) in [6, 6.07) is 8.21. The molecule has 2 heterocycles. The van der Waals surface area contributed by atoms with Gasteiger partial charge in [-0.25, -0.2) is 0 Å². The smallest absolute Gasteiger partial charge is 0.263 e. The van der Waals surface area contributed by atoms with Crippen LogP contribution in [-0.2, 0) is 6.61 Å². The van der Waals surface area contributed by atoms with Crippen LogP contribution in [0, 0.1) is 13.8 Å². The number of aryl methyl sites for hydroxylation is 2. The van der Waals surface area contributed by atoms with Gasteiger partial charge in [0.15, 0.2) is 0 Å². The summed E-state index contributed by atoms with van der Waals surface area (Å²) in [5.41, 5.74) is 3.40. The summed E-state index contributed by atoms with van der Waals surface area (Å²) < 4.78 is 5.94. The average molecular weight is 343 g/mol. The summed E-state index contributed by atoms with van der Waals surface area (Å²) in [5, 5.41) is 2.04.